The lowest BCUT2D eigenvalue weighted by atomic mass is 10.0. The van der Waals surface area contributed by atoms with Gasteiger partial charge in [-0.25, -0.2) is 9.38 Å². The van der Waals surface area contributed by atoms with Crippen LogP contribution in [0.25, 0.3) is 5.57 Å². The van der Waals surface area contributed by atoms with Crippen molar-refractivity contribution in [3.05, 3.63) is 76.9 Å². The number of rotatable bonds is 8. The first-order valence-corrected chi connectivity index (χ1v) is 10.9. The fraction of sp³-hybridized carbons (Fsp3) is 0.250. The van der Waals surface area contributed by atoms with Crippen molar-refractivity contribution in [1.29, 1.82) is 0 Å². The molecule has 0 spiro atoms. The number of nitrogens with zero attached hydrogens (tertiary/aromatic N) is 2. The van der Waals surface area contributed by atoms with Crippen LogP contribution in [0.15, 0.2) is 58.8 Å². The molecule has 34 heavy (non-hydrogen) atoms. The number of hydrogen-bond acceptors (Lipinski definition) is 4. The SMILES string of the molecule is CC#CCOc1ccc(/C(C)=C/N=C(C)C(=N/C=C\C)Nc2ccc(C=O)c(C)c2)c(C)c1F. The van der Waals surface area contributed by atoms with Crippen molar-refractivity contribution in [3.8, 4) is 17.6 Å². The lowest BCUT2D eigenvalue weighted by molar-refractivity contribution is 0.112. The Kier molecular flexibility index (Phi) is 9.97. The Balaban J connectivity index is 2.31. The van der Waals surface area contributed by atoms with Gasteiger partial charge in [0.15, 0.2) is 17.4 Å². The van der Waals surface area contributed by atoms with Crippen LogP contribution in [0.2, 0.25) is 0 Å². The van der Waals surface area contributed by atoms with E-state index in [4.69, 9.17) is 4.74 Å². The first-order valence-electron chi connectivity index (χ1n) is 10.9. The minimum absolute atomic E-state index is 0.142. The summed E-state index contributed by atoms with van der Waals surface area (Å²) in [6.07, 6.45) is 6.01. The third kappa shape index (κ3) is 7.01. The number of hydrogen-bond donors (Lipinski definition) is 1. The summed E-state index contributed by atoms with van der Waals surface area (Å²) in [7, 11) is 0. The largest absolute Gasteiger partial charge is 0.478 e. The Morgan fingerprint density at radius 2 is 1.94 bits per heavy atom. The van der Waals surface area contributed by atoms with E-state index >= 15 is 0 Å². The van der Waals surface area contributed by atoms with Crippen LogP contribution in [0, 0.1) is 31.5 Å². The van der Waals surface area contributed by atoms with Crippen molar-refractivity contribution >= 4 is 29.1 Å². The molecule has 0 aliphatic heterocycles. The maximum absolute atomic E-state index is 14.8. The first kappa shape index (κ1) is 26.3. The van der Waals surface area contributed by atoms with Crippen molar-refractivity contribution in [3.63, 3.8) is 0 Å². The van der Waals surface area contributed by atoms with Crippen LogP contribution >= 0.6 is 0 Å². The number of aldehydes is 1. The van der Waals surface area contributed by atoms with E-state index in [2.05, 4.69) is 27.1 Å². The third-order valence-electron chi connectivity index (χ3n) is 5.06. The van der Waals surface area contributed by atoms with E-state index in [0.717, 1.165) is 28.7 Å². The molecule has 0 radical (unpaired) electrons. The average molecular weight is 460 g/mol. The number of nitrogens with one attached hydrogen (secondary N) is 1. The molecule has 0 fully saturated rings. The lowest BCUT2D eigenvalue weighted by Gasteiger charge is -2.12. The van der Waals surface area contributed by atoms with Crippen molar-refractivity contribution in [1.82, 2.24) is 0 Å². The monoisotopic (exact) mass is 459 g/mol. The average Bonchev–Trinajstić information content (AvgIpc) is 2.83. The minimum Gasteiger partial charge on any atom is -0.478 e. The smallest absolute Gasteiger partial charge is 0.168 e. The predicted octanol–water partition coefficient (Wildman–Crippen LogP) is 6.52. The molecule has 0 aliphatic rings. The van der Waals surface area contributed by atoms with Crippen LogP contribution in [-0.4, -0.2) is 24.4 Å². The van der Waals surface area contributed by atoms with Crippen molar-refractivity contribution in [2.45, 2.75) is 41.5 Å². The molecule has 0 saturated heterocycles. The zero-order valence-electron chi connectivity index (χ0n) is 20.5. The van der Waals surface area contributed by atoms with Gasteiger partial charge in [-0.15, -0.1) is 5.92 Å². The van der Waals surface area contributed by atoms with Crippen molar-refractivity contribution < 1.29 is 13.9 Å². The molecule has 0 amide bonds. The summed E-state index contributed by atoms with van der Waals surface area (Å²) in [4.78, 5) is 20.1. The predicted molar refractivity (Wildman–Crippen MR) is 139 cm³/mol. The summed E-state index contributed by atoms with van der Waals surface area (Å²) in [5, 5.41) is 3.26. The number of amidine groups is 1. The highest BCUT2D eigenvalue weighted by atomic mass is 19.1. The summed E-state index contributed by atoms with van der Waals surface area (Å²) in [6.45, 7) is 11.0. The number of carbonyl (C=O) groups is 1. The molecule has 2 aromatic carbocycles. The quantitative estimate of drug-likeness (QED) is 0.211. The summed E-state index contributed by atoms with van der Waals surface area (Å²) < 4.78 is 20.1. The fourth-order valence-electron chi connectivity index (χ4n) is 3.10. The highest BCUT2D eigenvalue weighted by molar-refractivity contribution is 6.45. The Morgan fingerprint density at radius 3 is 2.59 bits per heavy atom. The molecule has 6 heteroatoms. The molecule has 0 unspecified atom stereocenters. The van der Waals surface area contributed by atoms with Crippen LogP contribution in [0.3, 0.4) is 0 Å². The third-order valence-corrected chi connectivity index (χ3v) is 5.06. The Morgan fingerprint density at radius 1 is 1.18 bits per heavy atom. The summed E-state index contributed by atoms with van der Waals surface area (Å²) in [6, 6.07) is 8.88. The van der Waals surface area contributed by atoms with Crippen molar-refractivity contribution in [2.24, 2.45) is 9.98 Å². The zero-order chi connectivity index (χ0) is 25.1. The first-order chi connectivity index (χ1) is 16.3. The van der Waals surface area contributed by atoms with Gasteiger partial charge in [0, 0.05) is 23.7 Å². The standard InChI is InChI=1S/C28H30FN3O2/c1-7-9-15-34-26-13-12-25(21(5)27(26)29)20(4)17-31-22(6)28(30-14-8-2)32-24-11-10-23(18-33)19(3)16-24/h8,10-14,16-18H,15H2,1-6H3,(H,30,32)/b14-8-,20-17+,31-22?. The van der Waals surface area contributed by atoms with Crippen LogP contribution < -0.4 is 10.1 Å². The van der Waals surface area contributed by atoms with Gasteiger partial charge in [-0.1, -0.05) is 18.1 Å². The molecule has 0 aliphatic carbocycles. The second kappa shape index (κ2) is 12.9. The second-order valence-corrected chi connectivity index (χ2v) is 7.57. The number of aliphatic imine (C=N–C) groups is 2. The summed E-state index contributed by atoms with van der Waals surface area (Å²) in [5.74, 6) is 5.81. The Labute approximate surface area is 201 Å². The van der Waals surface area contributed by atoms with Gasteiger partial charge in [0.1, 0.15) is 12.9 Å². The van der Waals surface area contributed by atoms with Gasteiger partial charge in [0.2, 0.25) is 0 Å². The summed E-state index contributed by atoms with van der Waals surface area (Å²) >= 11 is 0. The van der Waals surface area contributed by atoms with E-state index in [1.807, 2.05) is 52.0 Å². The van der Waals surface area contributed by atoms with Crippen LogP contribution in [0.5, 0.6) is 5.75 Å². The number of aryl methyl sites for hydroxylation is 1. The molecule has 0 heterocycles. The molecule has 176 valence electrons. The molecule has 5 nitrogen and oxygen atoms in total. The summed E-state index contributed by atoms with van der Waals surface area (Å²) in [5.41, 5.74) is 4.96. The van der Waals surface area contributed by atoms with E-state index in [1.165, 1.54) is 0 Å². The number of ether oxygens (including phenoxy) is 1. The molecule has 0 aromatic heterocycles. The molecule has 2 aromatic rings. The van der Waals surface area contributed by atoms with E-state index in [1.54, 1.807) is 38.4 Å². The topological polar surface area (TPSA) is 63.1 Å². The van der Waals surface area contributed by atoms with Crippen molar-refractivity contribution in [2.75, 3.05) is 11.9 Å². The number of anilines is 1. The Hall–Kier alpha value is -3.98. The maximum atomic E-state index is 14.8. The zero-order valence-corrected chi connectivity index (χ0v) is 20.5. The maximum Gasteiger partial charge on any atom is 0.168 e. The van der Waals surface area contributed by atoms with Gasteiger partial charge in [-0.2, -0.15) is 0 Å². The second-order valence-electron chi connectivity index (χ2n) is 7.57. The minimum atomic E-state index is -0.407. The number of allylic oxidation sites excluding steroid dienone is 2. The van der Waals surface area contributed by atoms with E-state index in [0.29, 0.717) is 22.7 Å². The molecule has 0 bridgehead atoms. The fourth-order valence-corrected chi connectivity index (χ4v) is 3.10. The molecular weight excluding hydrogens is 429 g/mol. The van der Waals surface area contributed by atoms with Crippen LogP contribution in [0.4, 0.5) is 10.1 Å². The van der Waals surface area contributed by atoms with Gasteiger partial charge in [0.05, 0.1) is 5.71 Å². The van der Waals surface area contributed by atoms with Gasteiger partial charge >= 0.3 is 0 Å². The van der Waals surface area contributed by atoms with Crippen LogP contribution in [0.1, 0.15) is 54.7 Å². The van der Waals surface area contributed by atoms with Gasteiger partial charge in [0.25, 0.3) is 0 Å². The number of benzene rings is 2. The van der Waals surface area contributed by atoms with E-state index in [9.17, 15) is 9.18 Å². The lowest BCUT2D eigenvalue weighted by Crippen LogP contribution is -2.20. The molecule has 0 saturated carbocycles. The van der Waals surface area contributed by atoms with E-state index in [-0.39, 0.29) is 12.4 Å². The van der Waals surface area contributed by atoms with Gasteiger partial charge in [-0.05, 0) is 88.1 Å². The highest BCUT2D eigenvalue weighted by Crippen LogP contribution is 2.27. The highest BCUT2D eigenvalue weighted by Gasteiger charge is 2.12. The normalized spacial score (nSPS) is 12.4. The van der Waals surface area contributed by atoms with Gasteiger partial charge in [-0.3, -0.25) is 9.79 Å². The molecule has 2 rings (SSSR count). The van der Waals surface area contributed by atoms with Gasteiger partial charge < -0.3 is 10.1 Å². The van der Waals surface area contributed by atoms with Crippen LogP contribution in [-0.2, 0) is 0 Å². The molecule has 0 atom stereocenters. The number of carbonyl (C=O) groups excluding carboxylic acids is 1. The number of halogens is 1. The van der Waals surface area contributed by atoms with E-state index < -0.39 is 5.82 Å². The molecular formula is C28H30FN3O2. The molecule has 1 N–H and O–H groups in total. The Bertz CT molecular complexity index is 1230.